The molecule has 0 aliphatic heterocycles. The quantitative estimate of drug-likeness (QED) is 0.220. The number of halogens is 3. The Morgan fingerprint density at radius 3 is 2.58 bits per heavy atom. The number of ether oxygens (including phenoxy) is 1. The van der Waals surface area contributed by atoms with Crippen LogP contribution in [0.5, 0.6) is 5.75 Å². The largest absolute Gasteiger partial charge is 0.492 e. The number of rotatable bonds is 5. The zero-order valence-electron chi connectivity index (χ0n) is 17.1. The van der Waals surface area contributed by atoms with Crippen LogP contribution < -0.4 is 10.3 Å². The first kappa shape index (κ1) is 23.2. The minimum atomic E-state index is -0.126. The third-order valence-electron chi connectivity index (χ3n) is 5.44. The molecule has 0 amide bonds. The van der Waals surface area contributed by atoms with Gasteiger partial charge in [-0.25, -0.2) is 4.98 Å². The Hall–Kier alpha value is -1.01. The third-order valence-corrected chi connectivity index (χ3v) is 7.53. The lowest BCUT2D eigenvalue weighted by atomic mass is 9.88. The van der Waals surface area contributed by atoms with E-state index in [2.05, 4.69) is 66.2 Å². The van der Waals surface area contributed by atoms with Crippen LogP contribution in [-0.4, -0.2) is 22.5 Å². The van der Waals surface area contributed by atoms with E-state index in [1.807, 2.05) is 37.3 Å². The molecule has 4 rings (SSSR count). The van der Waals surface area contributed by atoms with Crippen LogP contribution in [0, 0.1) is 7.14 Å². The maximum atomic E-state index is 13.4. The van der Waals surface area contributed by atoms with Crippen molar-refractivity contribution in [2.24, 2.45) is 5.10 Å². The van der Waals surface area contributed by atoms with Crippen LogP contribution in [0.2, 0.25) is 0 Å². The van der Waals surface area contributed by atoms with Gasteiger partial charge in [0.1, 0.15) is 11.6 Å². The maximum Gasteiger partial charge on any atom is 0.282 e. The van der Waals surface area contributed by atoms with Crippen molar-refractivity contribution in [3.8, 4) is 5.75 Å². The normalized spacial score (nSPS) is 15.1. The highest BCUT2D eigenvalue weighted by atomic mass is 127. The average Bonchev–Trinajstić information content (AvgIpc) is 2.76. The smallest absolute Gasteiger partial charge is 0.282 e. The summed E-state index contributed by atoms with van der Waals surface area (Å²) in [4.78, 5) is 18.3. The lowest BCUT2D eigenvalue weighted by Gasteiger charge is -2.22. The van der Waals surface area contributed by atoms with Crippen molar-refractivity contribution in [2.75, 3.05) is 6.61 Å². The van der Waals surface area contributed by atoms with Gasteiger partial charge in [0, 0.05) is 10.4 Å². The molecule has 1 aliphatic rings. The topological polar surface area (TPSA) is 56.5 Å². The van der Waals surface area contributed by atoms with Gasteiger partial charge in [-0.15, -0.1) is 0 Å². The van der Waals surface area contributed by atoms with E-state index in [9.17, 15) is 4.79 Å². The van der Waals surface area contributed by atoms with Crippen molar-refractivity contribution >= 4 is 78.2 Å². The van der Waals surface area contributed by atoms with Gasteiger partial charge in [0.2, 0.25) is 0 Å². The van der Waals surface area contributed by atoms with E-state index in [1.54, 1.807) is 6.21 Å². The predicted octanol–water partition coefficient (Wildman–Crippen LogP) is 6.70. The van der Waals surface area contributed by atoms with Gasteiger partial charge in [0.05, 0.1) is 30.9 Å². The molecule has 8 heteroatoms. The molecular weight excluding hydrogens is 684 g/mol. The molecule has 1 aliphatic carbocycles. The molecule has 0 atom stereocenters. The van der Waals surface area contributed by atoms with E-state index in [0.717, 1.165) is 60.0 Å². The summed E-state index contributed by atoms with van der Waals surface area (Å²) in [6.07, 6.45) is 7.41. The zero-order chi connectivity index (χ0) is 22.0. The molecule has 0 saturated heterocycles. The second-order valence-corrected chi connectivity index (χ2v) is 10.8. The van der Waals surface area contributed by atoms with Gasteiger partial charge in [0.25, 0.3) is 5.56 Å². The summed E-state index contributed by atoms with van der Waals surface area (Å²) < 4.78 is 10.1. The van der Waals surface area contributed by atoms with Gasteiger partial charge in [-0.2, -0.15) is 9.78 Å². The van der Waals surface area contributed by atoms with Crippen molar-refractivity contribution < 1.29 is 4.74 Å². The molecule has 1 fully saturated rings. The van der Waals surface area contributed by atoms with Crippen LogP contribution >= 0.6 is 61.1 Å². The van der Waals surface area contributed by atoms with Gasteiger partial charge in [-0.05, 0) is 101 Å². The van der Waals surface area contributed by atoms with Crippen LogP contribution in [0.1, 0.15) is 56.3 Å². The van der Waals surface area contributed by atoms with Crippen LogP contribution in [0.3, 0.4) is 0 Å². The van der Waals surface area contributed by atoms with Gasteiger partial charge in [0.15, 0.2) is 0 Å². The molecule has 31 heavy (non-hydrogen) atoms. The van der Waals surface area contributed by atoms with Crippen molar-refractivity contribution in [3.05, 3.63) is 63.7 Å². The predicted molar refractivity (Wildman–Crippen MR) is 146 cm³/mol. The number of fused-ring (bicyclic) bond motifs is 1. The molecule has 3 aromatic rings. The highest BCUT2D eigenvalue weighted by Gasteiger charge is 2.22. The molecule has 0 spiro atoms. The van der Waals surface area contributed by atoms with Crippen LogP contribution in [-0.2, 0) is 0 Å². The first-order chi connectivity index (χ1) is 15.0. The molecule has 0 N–H and O–H groups in total. The summed E-state index contributed by atoms with van der Waals surface area (Å²) in [5.74, 6) is 1.91. The molecule has 1 saturated carbocycles. The molecular formula is C23H22BrI2N3O2. The Balaban J connectivity index is 1.82. The summed E-state index contributed by atoms with van der Waals surface area (Å²) in [5, 5.41) is 5.21. The van der Waals surface area contributed by atoms with Gasteiger partial charge in [-0.3, -0.25) is 4.79 Å². The summed E-state index contributed by atoms with van der Waals surface area (Å²) >= 11 is 8.02. The average molecular weight is 706 g/mol. The second kappa shape index (κ2) is 10.3. The zero-order valence-corrected chi connectivity index (χ0v) is 23.0. The molecule has 0 bridgehead atoms. The van der Waals surface area contributed by atoms with Gasteiger partial charge < -0.3 is 4.74 Å². The Kier molecular flexibility index (Phi) is 7.68. The van der Waals surface area contributed by atoms with E-state index >= 15 is 0 Å². The fraction of sp³-hybridized carbons (Fsp3) is 0.348. The Bertz CT molecular complexity index is 1180. The first-order valence-electron chi connectivity index (χ1n) is 10.4. The molecule has 0 radical (unpaired) electrons. The van der Waals surface area contributed by atoms with Gasteiger partial charge >= 0.3 is 0 Å². The van der Waals surface area contributed by atoms with Crippen molar-refractivity contribution in [1.82, 2.24) is 9.66 Å². The molecule has 0 unspecified atom stereocenters. The summed E-state index contributed by atoms with van der Waals surface area (Å²) in [6.45, 7) is 2.60. The molecule has 2 aromatic carbocycles. The van der Waals surface area contributed by atoms with E-state index < -0.39 is 0 Å². The van der Waals surface area contributed by atoms with Crippen LogP contribution in [0.25, 0.3) is 10.9 Å². The third kappa shape index (κ3) is 5.16. The Morgan fingerprint density at radius 2 is 1.90 bits per heavy atom. The van der Waals surface area contributed by atoms with E-state index in [4.69, 9.17) is 9.72 Å². The highest BCUT2D eigenvalue weighted by molar-refractivity contribution is 14.1. The van der Waals surface area contributed by atoms with Crippen molar-refractivity contribution in [2.45, 2.75) is 44.9 Å². The SMILES string of the molecule is CCOc1c(I)cc(C=Nn2c(C3CCCCC3)nc3ccc(Br)cc3c2=O)cc1I. The van der Waals surface area contributed by atoms with Crippen molar-refractivity contribution in [1.29, 1.82) is 0 Å². The highest BCUT2D eigenvalue weighted by Crippen LogP contribution is 2.32. The van der Waals surface area contributed by atoms with Gasteiger partial charge in [-0.1, -0.05) is 35.2 Å². The molecule has 1 aromatic heterocycles. The lowest BCUT2D eigenvalue weighted by molar-refractivity contribution is 0.335. The van der Waals surface area contributed by atoms with E-state index in [-0.39, 0.29) is 11.5 Å². The number of benzene rings is 2. The van der Waals surface area contributed by atoms with Crippen molar-refractivity contribution in [3.63, 3.8) is 0 Å². The summed E-state index contributed by atoms with van der Waals surface area (Å²) in [6, 6.07) is 9.69. The minimum absolute atomic E-state index is 0.126. The van der Waals surface area contributed by atoms with Crippen LogP contribution in [0.15, 0.2) is 44.7 Å². The maximum absolute atomic E-state index is 13.4. The number of aromatic nitrogens is 2. The van der Waals surface area contributed by atoms with E-state index in [0.29, 0.717) is 12.0 Å². The molecule has 1 heterocycles. The van der Waals surface area contributed by atoms with Crippen LogP contribution in [0.4, 0.5) is 0 Å². The number of hydrogen-bond donors (Lipinski definition) is 0. The molecule has 5 nitrogen and oxygen atoms in total. The monoisotopic (exact) mass is 705 g/mol. The minimum Gasteiger partial charge on any atom is -0.492 e. The second-order valence-electron chi connectivity index (χ2n) is 7.57. The Labute approximate surface area is 217 Å². The number of hydrogen-bond acceptors (Lipinski definition) is 4. The lowest BCUT2D eigenvalue weighted by Crippen LogP contribution is -2.25. The fourth-order valence-corrected chi connectivity index (χ4v) is 6.45. The van der Waals surface area contributed by atoms with E-state index in [1.165, 1.54) is 11.1 Å². The molecule has 162 valence electrons. The fourth-order valence-electron chi connectivity index (χ4n) is 3.96. The standard InChI is InChI=1S/C23H22BrI2N3O2/c1-2-31-21-18(25)10-14(11-19(21)26)13-27-29-22(15-6-4-3-5-7-15)28-20-9-8-16(24)12-17(20)23(29)30/h8-13,15H,2-7H2,1H3. The summed E-state index contributed by atoms with van der Waals surface area (Å²) in [5.41, 5.74) is 1.52. The first-order valence-corrected chi connectivity index (χ1v) is 13.3. The summed E-state index contributed by atoms with van der Waals surface area (Å²) in [7, 11) is 0. The number of nitrogens with zero attached hydrogens (tertiary/aromatic N) is 3. The Morgan fingerprint density at radius 1 is 1.19 bits per heavy atom.